The van der Waals surface area contributed by atoms with Crippen molar-refractivity contribution >= 4 is 32.8 Å². The van der Waals surface area contributed by atoms with Crippen LogP contribution in [0, 0.1) is 0 Å². The molecule has 6 aromatic rings. The average Bonchev–Trinajstić information content (AvgIpc) is 3.47. The maximum Gasteiger partial charge on any atom is 0.0708 e. The molecule has 2 atom stereocenters. The summed E-state index contributed by atoms with van der Waals surface area (Å²) in [4.78, 5) is 0. The van der Waals surface area contributed by atoms with E-state index in [2.05, 4.69) is 109 Å². The normalized spacial score (nSPS) is 19.3. The van der Waals surface area contributed by atoms with Crippen LogP contribution in [-0.2, 0) is 5.41 Å². The monoisotopic (exact) mass is 592 g/mol. The highest BCUT2D eigenvalue weighted by Crippen LogP contribution is 2.56. The predicted octanol–water partition coefficient (Wildman–Crippen LogP) is 11.4. The number of nitrogens with one attached hydrogen (secondary N) is 1. The molecule has 1 N–H and O–H groups in total. The summed E-state index contributed by atoms with van der Waals surface area (Å²) in [5.74, 6) is 0. The minimum Gasteiger partial charge on any atom is -0.379 e. The van der Waals surface area contributed by atoms with Crippen LogP contribution in [0.25, 0.3) is 38.2 Å². The van der Waals surface area contributed by atoms with Gasteiger partial charge in [0.25, 0.3) is 0 Å². The Bertz CT molecular complexity index is 2420. The SMILES string of the molecule is [2H]c1c([2H])c2c(c([2H])c1NC1C=CC(c3cc4ccccc4c4ccccc34)=CC1)C(C(=C)/C=C\C=C)(c1ccccc1)c1ccccc1-2. The molecule has 220 valence electrons. The number of allylic oxidation sites excluding steroid dienone is 6. The predicted molar refractivity (Wildman–Crippen MR) is 197 cm³/mol. The van der Waals surface area contributed by atoms with E-state index in [9.17, 15) is 4.11 Å². The van der Waals surface area contributed by atoms with Crippen molar-refractivity contribution in [3.05, 3.63) is 205 Å². The molecule has 0 aromatic heterocycles. The Balaban J connectivity index is 1.23. The van der Waals surface area contributed by atoms with E-state index in [1.165, 1.54) is 27.1 Å². The summed E-state index contributed by atoms with van der Waals surface area (Å²) in [6, 6.07) is 37.7. The molecule has 0 bridgehead atoms. The van der Waals surface area contributed by atoms with Crippen LogP contribution in [-0.4, -0.2) is 6.04 Å². The van der Waals surface area contributed by atoms with Gasteiger partial charge in [0.1, 0.15) is 0 Å². The fourth-order valence-corrected chi connectivity index (χ4v) is 7.35. The Morgan fingerprint density at radius 2 is 1.52 bits per heavy atom. The summed E-state index contributed by atoms with van der Waals surface area (Å²) < 4.78 is 28.3. The Labute approximate surface area is 275 Å². The van der Waals surface area contributed by atoms with Gasteiger partial charge in [-0.1, -0.05) is 159 Å². The van der Waals surface area contributed by atoms with E-state index >= 15 is 0 Å². The standard InChI is InChI=1S/C45H35N/c1-3-4-14-31(2)45(34-16-6-5-7-17-34)43-22-13-12-21-40(43)41-28-27-36(30-44(41)45)46-35-25-23-32(24-26-35)42-29-33-15-8-9-18-37(33)38-19-10-11-20-39(38)42/h3-25,27-30,35,46H,1-2,26H2/b14-4-/i27D,28D,30D. The first kappa shape index (κ1) is 24.6. The molecule has 6 aromatic carbocycles. The first-order valence-corrected chi connectivity index (χ1v) is 15.8. The van der Waals surface area contributed by atoms with Crippen molar-refractivity contribution in [2.45, 2.75) is 17.9 Å². The Morgan fingerprint density at radius 1 is 0.783 bits per heavy atom. The maximum atomic E-state index is 9.79. The zero-order chi connectivity index (χ0) is 33.7. The molecule has 2 aliphatic rings. The highest BCUT2D eigenvalue weighted by Gasteiger charge is 2.46. The Hall–Kier alpha value is -5.66. The van der Waals surface area contributed by atoms with Gasteiger partial charge in [0.2, 0.25) is 0 Å². The van der Waals surface area contributed by atoms with Gasteiger partial charge in [0.15, 0.2) is 0 Å². The van der Waals surface area contributed by atoms with E-state index in [4.69, 9.17) is 0 Å². The minimum absolute atomic E-state index is 0.0263. The molecule has 0 spiro atoms. The number of fused-ring (bicyclic) bond motifs is 6. The second-order valence-corrected chi connectivity index (χ2v) is 12.0. The number of benzene rings is 6. The van der Waals surface area contributed by atoms with Crippen LogP contribution in [0.5, 0.6) is 0 Å². The Morgan fingerprint density at radius 3 is 2.33 bits per heavy atom. The van der Waals surface area contributed by atoms with Gasteiger partial charge in [-0.15, -0.1) is 0 Å². The molecule has 2 unspecified atom stereocenters. The van der Waals surface area contributed by atoms with Crippen LogP contribution >= 0.6 is 0 Å². The second-order valence-electron chi connectivity index (χ2n) is 12.0. The topological polar surface area (TPSA) is 12.0 Å². The lowest BCUT2D eigenvalue weighted by Crippen LogP contribution is -2.28. The van der Waals surface area contributed by atoms with E-state index in [1.54, 1.807) is 6.08 Å². The van der Waals surface area contributed by atoms with Gasteiger partial charge >= 0.3 is 0 Å². The molecular formula is C45H35N. The summed E-state index contributed by atoms with van der Waals surface area (Å²) in [5.41, 5.74) is 6.64. The van der Waals surface area contributed by atoms with Gasteiger partial charge in [-0.05, 0) is 90.6 Å². The van der Waals surface area contributed by atoms with Crippen molar-refractivity contribution in [1.82, 2.24) is 0 Å². The van der Waals surface area contributed by atoms with E-state index in [0.29, 0.717) is 23.2 Å². The van der Waals surface area contributed by atoms with Gasteiger partial charge < -0.3 is 5.32 Å². The number of anilines is 1. The molecule has 8 rings (SSSR count). The van der Waals surface area contributed by atoms with Crippen LogP contribution in [0.1, 0.15) is 32.8 Å². The molecule has 0 radical (unpaired) electrons. The average molecular weight is 593 g/mol. The molecule has 0 amide bonds. The van der Waals surface area contributed by atoms with Gasteiger partial charge in [0, 0.05) is 11.7 Å². The number of hydrogen-bond acceptors (Lipinski definition) is 1. The third kappa shape index (κ3) is 4.39. The summed E-state index contributed by atoms with van der Waals surface area (Å²) in [6.07, 6.45) is 12.7. The van der Waals surface area contributed by atoms with Crippen molar-refractivity contribution < 1.29 is 4.11 Å². The Kier molecular flexibility index (Phi) is 6.09. The lowest BCUT2D eigenvalue weighted by molar-refractivity contribution is 0.769. The largest absolute Gasteiger partial charge is 0.379 e. The van der Waals surface area contributed by atoms with E-state index in [1.807, 2.05) is 48.6 Å². The lowest BCUT2D eigenvalue weighted by atomic mass is 9.67. The van der Waals surface area contributed by atoms with Crippen LogP contribution in [0.15, 0.2) is 183 Å². The molecule has 0 aliphatic heterocycles. The number of rotatable bonds is 7. The summed E-state index contributed by atoms with van der Waals surface area (Å²) in [7, 11) is 0. The fraction of sp³-hybridized carbons (Fsp3) is 0.0667. The zero-order valence-corrected chi connectivity index (χ0v) is 25.6. The molecule has 1 nitrogen and oxygen atoms in total. The third-order valence-corrected chi connectivity index (χ3v) is 9.42. The van der Waals surface area contributed by atoms with Gasteiger partial charge in [0.05, 0.1) is 9.53 Å². The fourth-order valence-electron chi connectivity index (χ4n) is 7.35. The van der Waals surface area contributed by atoms with Gasteiger partial charge in [-0.25, -0.2) is 0 Å². The minimum atomic E-state index is -0.920. The first-order chi connectivity index (χ1) is 23.9. The number of hydrogen-bond donors (Lipinski definition) is 1. The van der Waals surface area contributed by atoms with E-state index < -0.39 is 5.41 Å². The first-order valence-electron chi connectivity index (χ1n) is 17.3. The smallest absolute Gasteiger partial charge is 0.0708 e. The highest BCUT2D eigenvalue weighted by molar-refractivity contribution is 6.12. The quantitative estimate of drug-likeness (QED) is 0.144. The van der Waals surface area contributed by atoms with Crippen LogP contribution in [0.4, 0.5) is 5.69 Å². The molecule has 0 saturated carbocycles. The third-order valence-electron chi connectivity index (χ3n) is 9.42. The van der Waals surface area contributed by atoms with Gasteiger partial charge in [-0.3, -0.25) is 0 Å². The summed E-state index contributed by atoms with van der Waals surface area (Å²) in [6.45, 7) is 8.45. The lowest BCUT2D eigenvalue weighted by Gasteiger charge is -2.34. The van der Waals surface area contributed by atoms with Crippen LogP contribution in [0.2, 0.25) is 0 Å². The summed E-state index contributed by atoms with van der Waals surface area (Å²) >= 11 is 0. The van der Waals surface area contributed by atoms with Crippen molar-refractivity contribution in [3.63, 3.8) is 0 Å². The van der Waals surface area contributed by atoms with E-state index in [0.717, 1.165) is 27.8 Å². The van der Waals surface area contributed by atoms with Crippen molar-refractivity contribution in [1.29, 1.82) is 0 Å². The molecule has 1 heteroatoms. The second kappa shape index (κ2) is 11.4. The molecule has 46 heavy (non-hydrogen) atoms. The van der Waals surface area contributed by atoms with Crippen molar-refractivity contribution in [2.75, 3.05) is 5.32 Å². The highest BCUT2D eigenvalue weighted by atomic mass is 14.9. The molecular weight excluding hydrogens is 555 g/mol. The van der Waals surface area contributed by atoms with Crippen LogP contribution < -0.4 is 5.32 Å². The van der Waals surface area contributed by atoms with Gasteiger partial charge in [-0.2, -0.15) is 0 Å². The maximum absolute atomic E-state index is 9.79. The molecule has 0 saturated heterocycles. The molecule has 0 fully saturated rings. The van der Waals surface area contributed by atoms with E-state index in [-0.39, 0.29) is 24.2 Å². The van der Waals surface area contributed by atoms with Crippen molar-refractivity contribution in [2.24, 2.45) is 0 Å². The molecule has 2 aliphatic carbocycles. The zero-order valence-electron chi connectivity index (χ0n) is 28.6. The van der Waals surface area contributed by atoms with Crippen LogP contribution in [0.3, 0.4) is 0 Å². The summed E-state index contributed by atoms with van der Waals surface area (Å²) in [5, 5.41) is 8.43. The molecule has 0 heterocycles. The van der Waals surface area contributed by atoms with Crippen molar-refractivity contribution in [3.8, 4) is 11.1 Å².